The molecule has 0 N–H and O–H groups in total. The Balaban J connectivity index is 1.87. The van der Waals surface area contributed by atoms with Crippen molar-refractivity contribution in [1.29, 1.82) is 0 Å². The molecule has 0 saturated heterocycles. The number of ether oxygens (including phenoxy) is 1. The molecule has 124 valence electrons. The standard InChI is InChI=1S/C21H21IO2/c1-2-16-6-8-17(9-7-16)20(23)24-21(14-4-3-5-15-21)18-10-12-19(22)13-11-18/h2,6-13H,1,3-5,14-15H2. The van der Waals surface area contributed by atoms with Crippen molar-refractivity contribution in [2.24, 2.45) is 0 Å². The highest BCUT2D eigenvalue weighted by molar-refractivity contribution is 14.1. The summed E-state index contributed by atoms with van der Waals surface area (Å²) in [6.45, 7) is 3.74. The molecule has 3 rings (SSSR count). The van der Waals surface area contributed by atoms with E-state index in [1.807, 2.05) is 24.3 Å². The lowest BCUT2D eigenvalue weighted by atomic mass is 9.79. The van der Waals surface area contributed by atoms with E-state index in [1.165, 1.54) is 9.99 Å². The highest BCUT2D eigenvalue weighted by atomic mass is 127. The van der Waals surface area contributed by atoms with E-state index in [-0.39, 0.29) is 5.97 Å². The Morgan fingerprint density at radius 2 is 1.62 bits per heavy atom. The van der Waals surface area contributed by atoms with E-state index in [9.17, 15) is 4.79 Å². The zero-order valence-corrected chi connectivity index (χ0v) is 15.8. The van der Waals surface area contributed by atoms with Gasteiger partial charge in [-0.15, -0.1) is 0 Å². The quantitative estimate of drug-likeness (QED) is 0.441. The van der Waals surface area contributed by atoms with Crippen LogP contribution in [0.25, 0.3) is 6.08 Å². The number of carbonyl (C=O) groups is 1. The molecule has 1 saturated carbocycles. The van der Waals surface area contributed by atoms with Crippen molar-refractivity contribution in [2.75, 3.05) is 0 Å². The van der Waals surface area contributed by atoms with Gasteiger partial charge in [0.25, 0.3) is 0 Å². The average Bonchev–Trinajstić information content (AvgIpc) is 2.63. The fraction of sp³-hybridized carbons (Fsp3) is 0.286. The molecule has 24 heavy (non-hydrogen) atoms. The number of halogens is 1. The molecule has 0 aliphatic heterocycles. The first-order valence-electron chi connectivity index (χ1n) is 8.35. The second kappa shape index (κ2) is 7.51. The van der Waals surface area contributed by atoms with Crippen molar-refractivity contribution < 1.29 is 9.53 Å². The van der Waals surface area contributed by atoms with Crippen LogP contribution in [0, 0.1) is 3.57 Å². The second-order valence-electron chi connectivity index (χ2n) is 6.28. The van der Waals surface area contributed by atoms with Crippen LogP contribution in [-0.2, 0) is 10.3 Å². The number of hydrogen-bond acceptors (Lipinski definition) is 2. The molecule has 2 nitrogen and oxygen atoms in total. The summed E-state index contributed by atoms with van der Waals surface area (Å²) in [5.74, 6) is -0.244. The monoisotopic (exact) mass is 432 g/mol. The smallest absolute Gasteiger partial charge is 0.339 e. The molecule has 0 aromatic heterocycles. The Kier molecular flexibility index (Phi) is 5.39. The SMILES string of the molecule is C=Cc1ccc(C(=O)OC2(c3ccc(I)cc3)CCCCC2)cc1. The molecule has 0 unspecified atom stereocenters. The van der Waals surface area contributed by atoms with Gasteiger partial charge in [-0.3, -0.25) is 0 Å². The van der Waals surface area contributed by atoms with Gasteiger partial charge in [-0.25, -0.2) is 4.79 Å². The first-order chi connectivity index (χ1) is 11.6. The maximum Gasteiger partial charge on any atom is 0.339 e. The van der Waals surface area contributed by atoms with Crippen LogP contribution in [0.4, 0.5) is 0 Å². The topological polar surface area (TPSA) is 26.3 Å². The average molecular weight is 432 g/mol. The zero-order valence-electron chi connectivity index (χ0n) is 13.6. The maximum atomic E-state index is 12.7. The normalized spacial score (nSPS) is 16.4. The molecular weight excluding hydrogens is 411 g/mol. The molecule has 0 bridgehead atoms. The molecular formula is C21H21IO2. The summed E-state index contributed by atoms with van der Waals surface area (Å²) in [4.78, 5) is 12.7. The van der Waals surface area contributed by atoms with Crippen LogP contribution in [0.5, 0.6) is 0 Å². The lowest BCUT2D eigenvalue weighted by Gasteiger charge is -2.37. The Morgan fingerprint density at radius 3 is 2.21 bits per heavy atom. The Bertz CT molecular complexity index is 711. The summed E-state index contributed by atoms with van der Waals surface area (Å²) in [5.41, 5.74) is 2.21. The lowest BCUT2D eigenvalue weighted by Crippen LogP contribution is -2.34. The number of hydrogen-bond donors (Lipinski definition) is 0. The largest absolute Gasteiger partial charge is 0.451 e. The van der Waals surface area contributed by atoms with Gasteiger partial charge in [0.15, 0.2) is 0 Å². The predicted octanol–water partition coefficient (Wildman–Crippen LogP) is 5.95. The van der Waals surface area contributed by atoms with Crippen molar-refractivity contribution in [3.8, 4) is 0 Å². The third-order valence-electron chi connectivity index (χ3n) is 4.70. The minimum atomic E-state index is -0.489. The van der Waals surface area contributed by atoms with Gasteiger partial charge in [0.05, 0.1) is 5.56 Å². The number of carbonyl (C=O) groups excluding carboxylic acids is 1. The van der Waals surface area contributed by atoms with E-state index < -0.39 is 5.60 Å². The first-order valence-corrected chi connectivity index (χ1v) is 9.43. The van der Waals surface area contributed by atoms with Crippen LogP contribution in [0.3, 0.4) is 0 Å². The lowest BCUT2D eigenvalue weighted by molar-refractivity contribution is -0.0416. The van der Waals surface area contributed by atoms with Gasteiger partial charge < -0.3 is 4.74 Å². The van der Waals surface area contributed by atoms with Crippen LogP contribution >= 0.6 is 22.6 Å². The Morgan fingerprint density at radius 1 is 1.00 bits per heavy atom. The van der Waals surface area contributed by atoms with Crippen molar-refractivity contribution in [3.63, 3.8) is 0 Å². The van der Waals surface area contributed by atoms with Crippen molar-refractivity contribution in [2.45, 2.75) is 37.7 Å². The van der Waals surface area contributed by atoms with Gasteiger partial charge in [0.1, 0.15) is 5.60 Å². The van der Waals surface area contributed by atoms with E-state index in [2.05, 4.69) is 53.4 Å². The van der Waals surface area contributed by atoms with Crippen LogP contribution in [0.1, 0.15) is 53.6 Å². The zero-order chi connectivity index (χ0) is 17.0. The maximum absolute atomic E-state index is 12.7. The first kappa shape index (κ1) is 17.2. The van der Waals surface area contributed by atoms with Crippen LogP contribution in [0.2, 0.25) is 0 Å². The molecule has 1 fully saturated rings. The molecule has 0 heterocycles. The summed E-state index contributed by atoms with van der Waals surface area (Å²) in [6, 6.07) is 15.8. The fourth-order valence-corrected chi connectivity index (χ4v) is 3.68. The van der Waals surface area contributed by atoms with E-state index in [1.54, 1.807) is 6.08 Å². The van der Waals surface area contributed by atoms with E-state index in [4.69, 9.17) is 4.74 Å². The highest BCUT2D eigenvalue weighted by Crippen LogP contribution is 2.41. The Labute approximate surface area is 157 Å². The van der Waals surface area contributed by atoms with E-state index >= 15 is 0 Å². The molecule has 3 heteroatoms. The summed E-state index contributed by atoms with van der Waals surface area (Å²) >= 11 is 2.30. The predicted molar refractivity (Wildman–Crippen MR) is 106 cm³/mol. The summed E-state index contributed by atoms with van der Waals surface area (Å²) in [5, 5.41) is 0. The molecule has 0 radical (unpaired) electrons. The van der Waals surface area contributed by atoms with Gasteiger partial charge in [-0.1, -0.05) is 43.3 Å². The van der Waals surface area contributed by atoms with Crippen LogP contribution in [-0.4, -0.2) is 5.97 Å². The second-order valence-corrected chi connectivity index (χ2v) is 7.52. The van der Waals surface area contributed by atoms with Crippen LogP contribution in [0.15, 0.2) is 55.1 Å². The van der Waals surface area contributed by atoms with Crippen molar-refractivity contribution in [1.82, 2.24) is 0 Å². The third-order valence-corrected chi connectivity index (χ3v) is 5.42. The van der Waals surface area contributed by atoms with Crippen molar-refractivity contribution in [3.05, 3.63) is 75.4 Å². The molecule has 0 amide bonds. The molecule has 0 spiro atoms. The minimum Gasteiger partial charge on any atom is -0.451 e. The third kappa shape index (κ3) is 3.72. The van der Waals surface area contributed by atoms with Gasteiger partial charge in [-0.05, 0) is 83.7 Å². The summed E-state index contributed by atoms with van der Waals surface area (Å²) in [6.07, 6.45) is 6.94. The van der Waals surface area contributed by atoms with Gasteiger partial charge in [0, 0.05) is 3.57 Å². The number of esters is 1. The molecule has 1 aliphatic rings. The van der Waals surface area contributed by atoms with E-state index in [0.717, 1.165) is 36.8 Å². The Hall–Kier alpha value is -1.62. The molecule has 2 aromatic carbocycles. The highest BCUT2D eigenvalue weighted by Gasteiger charge is 2.38. The molecule has 1 aliphatic carbocycles. The summed E-state index contributed by atoms with van der Waals surface area (Å²) < 4.78 is 7.29. The minimum absolute atomic E-state index is 0.244. The number of benzene rings is 2. The summed E-state index contributed by atoms with van der Waals surface area (Å²) in [7, 11) is 0. The molecule has 0 atom stereocenters. The van der Waals surface area contributed by atoms with Gasteiger partial charge in [0.2, 0.25) is 0 Å². The molecule has 2 aromatic rings. The van der Waals surface area contributed by atoms with Crippen molar-refractivity contribution >= 4 is 34.6 Å². The van der Waals surface area contributed by atoms with Gasteiger partial charge >= 0.3 is 5.97 Å². The van der Waals surface area contributed by atoms with Gasteiger partial charge in [-0.2, -0.15) is 0 Å². The van der Waals surface area contributed by atoms with E-state index in [0.29, 0.717) is 5.56 Å². The fourth-order valence-electron chi connectivity index (χ4n) is 3.32. The van der Waals surface area contributed by atoms with Crippen LogP contribution < -0.4 is 0 Å². The number of rotatable bonds is 4.